The summed E-state index contributed by atoms with van der Waals surface area (Å²) in [6.07, 6.45) is 5.56. The second-order valence-corrected chi connectivity index (χ2v) is 15.1. The number of anilines is 1. The van der Waals surface area contributed by atoms with Crippen LogP contribution in [-0.4, -0.2) is 97.1 Å². The fourth-order valence-electron chi connectivity index (χ4n) is 5.90. The highest BCUT2D eigenvalue weighted by atomic mass is 35.5. The number of carboxylic acid groups (broad SMARTS) is 1. The summed E-state index contributed by atoms with van der Waals surface area (Å²) in [5.74, 6) is 1.54. The minimum atomic E-state index is -2.93. The van der Waals surface area contributed by atoms with Crippen molar-refractivity contribution in [2.45, 2.75) is 32.2 Å². The van der Waals surface area contributed by atoms with Crippen LogP contribution in [0.3, 0.4) is 0 Å². The summed E-state index contributed by atoms with van der Waals surface area (Å²) in [5.41, 5.74) is 2.48. The molecule has 10 nitrogen and oxygen atoms in total. The Bertz CT molecular complexity index is 1560. The number of carbonyl (C=O) groups is 1. The number of likely N-dealkylation sites (tertiary alicyclic amines) is 1. The Hall–Kier alpha value is -2.96. The normalized spacial score (nSPS) is 17.0. The van der Waals surface area contributed by atoms with Gasteiger partial charge in [-0.25, -0.2) is 18.4 Å². The van der Waals surface area contributed by atoms with E-state index < -0.39 is 15.8 Å². The minimum Gasteiger partial charge on any atom is -0.481 e. The molecule has 1 N–H and O–H groups in total. The highest BCUT2D eigenvalue weighted by Crippen LogP contribution is 2.31. The molecule has 0 bridgehead atoms. The molecule has 0 saturated carbocycles. The number of pyridine rings is 2. The Morgan fingerprint density at radius 1 is 0.978 bits per heavy atom. The lowest BCUT2D eigenvalue weighted by Crippen LogP contribution is -2.47. The number of aromatic nitrogens is 2. The quantitative estimate of drug-likeness (QED) is 0.264. The lowest BCUT2D eigenvalue weighted by Gasteiger charge is -2.35. The van der Waals surface area contributed by atoms with E-state index >= 15 is 0 Å². The maximum atomic E-state index is 11.4. The Morgan fingerprint density at radius 2 is 1.69 bits per heavy atom. The second kappa shape index (κ2) is 15.1. The number of rotatable bonds is 12. The van der Waals surface area contributed by atoms with Crippen LogP contribution in [-0.2, 0) is 21.2 Å². The molecule has 0 radical (unpaired) electrons. The maximum absolute atomic E-state index is 11.4. The summed E-state index contributed by atoms with van der Waals surface area (Å²) in [6, 6.07) is 13.1. The molecule has 2 aromatic heterocycles. The summed E-state index contributed by atoms with van der Waals surface area (Å²) in [6.45, 7) is 6.45. The van der Waals surface area contributed by atoms with E-state index in [1.54, 1.807) is 12.3 Å². The number of piperazine rings is 1. The number of sulfone groups is 1. The molecule has 5 rings (SSSR count). The SMILES string of the molecule is CS(=O)(=O)CCCN1CCN(c2ccc(Oc3cc(CN4CCC(CC(=O)O)CC4)cc(-c4cc(Cl)cc(Cl)c4)n3)cn2)CC1. The molecular formula is C32H39Cl2N5O5S. The van der Waals surface area contributed by atoms with Crippen molar-refractivity contribution in [3.05, 3.63) is 64.3 Å². The third kappa shape index (κ3) is 10.3. The smallest absolute Gasteiger partial charge is 0.303 e. The lowest BCUT2D eigenvalue weighted by molar-refractivity contribution is -0.138. The van der Waals surface area contributed by atoms with Crippen LogP contribution in [0.1, 0.15) is 31.2 Å². The monoisotopic (exact) mass is 675 g/mol. The molecule has 0 unspecified atom stereocenters. The molecule has 0 atom stereocenters. The van der Waals surface area contributed by atoms with Gasteiger partial charge in [0.1, 0.15) is 21.4 Å². The largest absolute Gasteiger partial charge is 0.481 e. The van der Waals surface area contributed by atoms with Gasteiger partial charge in [0.15, 0.2) is 0 Å². The number of benzene rings is 1. The molecule has 0 amide bonds. The fourth-order valence-corrected chi connectivity index (χ4v) is 7.08. The number of ether oxygens (including phenoxy) is 1. The first kappa shape index (κ1) is 33.4. The van der Waals surface area contributed by atoms with Gasteiger partial charge in [0, 0.05) is 67.1 Å². The molecule has 45 heavy (non-hydrogen) atoms. The van der Waals surface area contributed by atoms with Gasteiger partial charge in [-0.3, -0.25) is 14.6 Å². The summed E-state index contributed by atoms with van der Waals surface area (Å²) in [7, 11) is -2.93. The van der Waals surface area contributed by atoms with Crippen molar-refractivity contribution >= 4 is 44.8 Å². The lowest BCUT2D eigenvalue weighted by atomic mass is 9.93. The number of aliphatic carboxylic acids is 1. The third-order valence-corrected chi connectivity index (χ3v) is 9.69. The molecule has 242 valence electrons. The van der Waals surface area contributed by atoms with Crippen LogP contribution >= 0.6 is 23.2 Å². The van der Waals surface area contributed by atoms with Gasteiger partial charge >= 0.3 is 5.97 Å². The van der Waals surface area contributed by atoms with Crippen molar-refractivity contribution in [2.24, 2.45) is 5.92 Å². The van der Waals surface area contributed by atoms with Crippen LogP contribution < -0.4 is 9.64 Å². The van der Waals surface area contributed by atoms with E-state index in [9.17, 15) is 13.2 Å². The third-order valence-electron chi connectivity index (χ3n) is 8.23. The van der Waals surface area contributed by atoms with Gasteiger partial charge < -0.3 is 14.7 Å². The minimum absolute atomic E-state index is 0.213. The van der Waals surface area contributed by atoms with Gasteiger partial charge in [0.05, 0.1) is 17.6 Å². The summed E-state index contributed by atoms with van der Waals surface area (Å²) >= 11 is 12.6. The molecule has 2 fully saturated rings. The van der Waals surface area contributed by atoms with Gasteiger partial charge in [-0.05, 0) is 86.8 Å². The van der Waals surface area contributed by atoms with E-state index in [1.165, 1.54) is 6.26 Å². The van der Waals surface area contributed by atoms with Crippen LogP contribution in [0.4, 0.5) is 5.82 Å². The Balaban J connectivity index is 1.25. The molecule has 2 saturated heterocycles. The van der Waals surface area contributed by atoms with Gasteiger partial charge in [-0.2, -0.15) is 0 Å². The zero-order chi connectivity index (χ0) is 32.0. The van der Waals surface area contributed by atoms with Gasteiger partial charge in [-0.1, -0.05) is 23.2 Å². The van der Waals surface area contributed by atoms with Gasteiger partial charge in [-0.15, -0.1) is 0 Å². The zero-order valence-electron chi connectivity index (χ0n) is 25.4. The average molecular weight is 677 g/mol. The molecule has 0 aliphatic carbocycles. The number of halogens is 2. The van der Waals surface area contributed by atoms with E-state index in [-0.39, 0.29) is 18.1 Å². The first-order valence-corrected chi connectivity index (χ1v) is 18.0. The molecule has 1 aromatic carbocycles. The molecule has 0 spiro atoms. The number of piperidine rings is 1. The van der Waals surface area contributed by atoms with Crippen molar-refractivity contribution in [1.29, 1.82) is 0 Å². The molecule has 13 heteroatoms. The Kier molecular flexibility index (Phi) is 11.2. The van der Waals surface area contributed by atoms with Crippen LogP contribution in [0.2, 0.25) is 10.0 Å². The van der Waals surface area contributed by atoms with Gasteiger partial charge in [0.2, 0.25) is 5.88 Å². The van der Waals surface area contributed by atoms with Gasteiger partial charge in [0.25, 0.3) is 0 Å². The molecular weight excluding hydrogens is 637 g/mol. The standard InChI is InChI=1S/C32H39Cl2N5O5S/c1-45(42,43)14-2-7-37-10-12-39(13-11-37)30-4-3-28(21-35-30)44-31-16-24(22-38-8-5-23(6-9-38)17-32(40)41)15-29(36-31)25-18-26(33)20-27(34)19-25/h3-4,15-16,18-21,23H,2,5-14,17,22H2,1H3,(H,40,41). The molecule has 2 aliphatic heterocycles. The summed E-state index contributed by atoms with van der Waals surface area (Å²) in [5, 5.41) is 10.2. The van der Waals surface area contributed by atoms with Crippen LogP contribution in [0.25, 0.3) is 11.3 Å². The van der Waals surface area contributed by atoms with Crippen LogP contribution in [0.15, 0.2) is 48.7 Å². The van der Waals surface area contributed by atoms with Crippen molar-refractivity contribution in [3.8, 4) is 22.9 Å². The van der Waals surface area contributed by atoms with E-state index in [2.05, 4.69) is 19.7 Å². The predicted molar refractivity (Wildman–Crippen MR) is 177 cm³/mol. The van der Waals surface area contributed by atoms with E-state index in [4.69, 9.17) is 38.0 Å². The topological polar surface area (TPSA) is 116 Å². The maximum Gasteiger partial charge on any atom is 0.303 e. The highest BCUT2D eigenvalue weighted by Gasteiger charge is 2.22. The molecule has 4 heterocycles. The second-order valence-electron chi connectivity index (χ2n) is 11.9. The number of carboxylic acids is 1. The number of nitrogens with zero attached hydrogens (tertiary/aromatic N) is 5. The van der Waals surface area contributed by atoms with E-state index in [0.29, 0.717) is 40.3 Å². The summed E-state index contributed by atoms with van der Waals surface area (Å²) < 4.78 is 29.1. The summed E-state index contributed by atoms with van der Waals surface area (Å²) in [4.78, 5) is 27.4. The van der Waals surface area contributed by atoms with E-state index in [1.807, 2.05) is 36.4 Å². The fraction of sp³-hybridized carbons (Fsp3) is 0.469. The van der Waals surface area contributed by atoms with E-state index in [0.717, 1.165) is 75.6 Å². The zero-order valence-corrected chi connectivity index (χ0v) is 27.7. The van der Waals surface area contributed by atoms with Crippen molar-refractivity contribution in [1.82, 2.24) is 19.8 Å². The van der Waals surface area contributed by atoms with Crippen molar-refractivity contribution < 1.29 is 23.1 Å². The van der Waals surface area contributed by atoms with Crippen molar-refractivity contribution in [3.63, 3.8) is 0 Å². The average Bonchev–Trinajstić information content (AvgIpc) is 2.97. The van der Waals surface area contributed by atoms with Crippen molar-refractivity contribution in [2.75, 3.05) is 62.7 Å². The Morgan fingerprint density at radius 3 is 2.31 bits per heavy atom. The van der Waals surface area contributed by atoms with Crippen LogP contribution in [0, 0.1) is 5.92 Å². The first-order chi connectivity index (χ1) is 21.5. The Labute approximate surface area is 274 Å². The molecule has 2 aliphatic rings. The first-order valence-electron chi connectivity index (χ1n) is 15.2. The highest BCUT2D eigenvalue weighted by molar-refractivity contribution is 7.90. The number of hydrogen-bond donors (Lipinski definition) is 1. The predicted octanol–water partition coefficient (Wildman–Crippen LogP) is 5.49. The van der Waals surface area contributed by atoms with Crippen LogP contribution in [0.5, 0.6) is 11.6 Å². The molecule has 3 aromatic rings. The number of hydrogen-bond acceptors (Lipinski definition) is 9.